The molecule has 1 aromatic carbocycles. The van der Waals surface area contributed by atoms with Crippen LogP contribution in [0.15, 0.2) is 36.7 Å². The first-order valence-electron chi connectivity index (χ1n) is 9.24. The van der Waals surface area contributed by atoms with Crippen molar-refractivity contribution in [1.29, 1.82) is 0 Å². The van der Waals surface area contributed by atoms with Crippen molar-refractivity contribution in [3.8, 4) is 5.75 Å². The monoisotopic (exact) mass is 440 g/mol. The number of alkyl halides is 3. The molecular weight excluding hydrogens is 420 g/mol. The van der Waals surface area contributed by atoms with E-state index in [1.807, 2.05) is 0 Å². The molecule has 1 atom stereocenters. The van der Waals surface area contributed by atoms with Gasteiger partial charge < -0.3 is 9.84 Å². The van der Waals surface area contributed by atoms with Crippen molar-refractivity contribution < 1.29 is 37.0 Å². The number of rotatable bonds is 6. The second-order valence-electron chi connectivity index (χ2n) is 8.05. The van der Waals surface area contributed by atoms with E-state index in [4.69, 9.17) is 4.74 Å². The zero-order valence-electron chi connectivity index (χ0n) is 17.0. The second kappa shape index (κ2) is 7.60. The van der Waals surface area contributed by atoms with Crippen LogP contribution in [0.2, 0.25) is 0 Å². The second-order valence-corrected chi connectivity index (χ2v) is 8.05. The molecule has 1 aliphatic rings. The van der Waals surface area contributed by atoms with E-state index in [-0.39, 0.29) is 22.4 Å². The Morgan fingerprint density at radius 1 is 1.10 bits per heavy atom. The summed E-state index contributed by atoms with van der Waals surface area (Å²) in [6.07, 6.45) is -3.83. The molecule has 0 bridgehead atoms. The fourth-order valence-corrected chi connectivity index (χ4v) is 3.82. The van der Waals surface area contributed by atoms with Gasteiger partial charge in [-0.2, -0.15) is 13.2 Å². The number of carbonyl (C=O) groups is 2. The number of benzene rings is 1. The summed E-state index contributed by atoms with van der Waals surface area (Å²) in [5.41, 5.74) is -5.03. The number of hydrogen-bond acceptors (Lipinski definition) is 5. The summed E-state index contributed by atoms with van der Waals surface area (Å²) in [7, 11) is 1.29. The van der Waals surface area contributed by atoms with Gasteiger partial charge in [0.05, 0.1) is 24.8 Å². The van der Waals surface area contributed by atoms with Gasteiger partial charge in [0, 0.05) is 18.0 Å². The van der Waals surface area contributed by atoms with Crippen LogP contribution in [0, 0.1) is 5.82 Å². The Labute approximate surface area is 175 Å². The van der Waals surface area contributed by atoms with Crippen LogP contribution >= 0.6 is 0 Å². The highest BCUT2D eigenvalue weighted by atomic mass is 19.4. The molecule has 10 heteroatoms. The Morgan fingerprint density at radius 2 is 1.74 bits per heavy atom. The van der Waals surface area contributed by atoms with Gasteiger partial charge in [-0.25, -0.2) is 4.39 Å². The first kappa shape index (κ1) is 22.7. The molecule has 0 saturated heterocycles. The van der Waals surface area contributed by atoms with Crippen molar-refractivity contribution in [2.24, 2.45) is 0 Å². The molecule has 1 N–H and O–H groups in total. The maximum absolute atomic E-state index is 14.0. The highest BCUT2D eigenvalue weighted by Gasteiger charge is 2.58. The highest BCUT2D eigenvalue weighted by Crippen LogP contribution is 2.44. The SMILES string of the molecule is COc1ccc(F)cc1C(C)(C)CC(O)(CN1C(=O)c2ccncc2C1=O)C(F)(F)F. The van der Waals surface area contributed by atoms with Crippen LogP contribution in [-0.2, 0) is 5.41 Å². The fraction of sp³-hybridized carbons (Fsp3) is 0.381. The number of aliphatic hydroxyl groups is 1. The van der Waals surface area contributed by atoms with Crippen LogP contribution in [0.4, 0.5) is 17.6 Å². The Kier molecular flexibility index (Phi) is 5.56. The molecule has 3 rings (SSSR count). The van der Waals surface area contributed by atoms with Gasteiger partial charge in [-0.05, 0) is 36.1 Å². The summed E-state index contributed by atoms with van der Waals surface area (Å²) in [6, 6.07) is 4.63. The van der Waals surface area contributed by atoms with Crippen molar-refractivity contribution in [3.63, 3.8) is 0 Å². The molecule has 6 nitrogen and oxygen atoms in total. The third kappa shape index (κ3) is 3.99. The quantitative estimate of drug-likeness (QED) is 0.550. The van der Waals surface area contributed by atoms with E-state index in [0.29, 0.717) is 4.90 Å². The predicted molar refractivity (Wildman–Crippen MR) is 101 cm³/mol. The number of methoxy groups -OCH3 is 1. The summed E-state index contributed by atoms with van der Waals surface area (Å²) >= 11 is 0. The van der Waals surface area contributed by atoms with E-state index in [9.17, 15) is 32.3 Å². The summed E-state index contributed by atoms with van der Waals surface area (Å²) in [4.78, 5) is 29.1. The summed E-state index contributed by atoms with van der Waals surface area (Å²) in [6.45, 7) is 1.45. The Morgan fingerprint density at radius 3 is 2.32 bits per heavy atom. The highest BCUT2D eigenvalue weighted by molar-refractivity contribution is 6.21. The standard InChI is InChI=1S/C21H20F4N2O4/c1-19(2,15-8-12(22)4-5-16(15)31-3)10-20(30,21(23,24)25)11-27-17(28)13-6-7-26-9-14(13)18(27)29/h4-9,30H,10-11H2,1-3H3. The summed E-state index contributed by atoms with van der Waals surface area (Å²) in [5, 5.41) is 10.7. The Bertz CT molecular complexity index is 1000. The third-order valence-electron chi connectivity index (χ3n) is 5.34. The zero-order chi connectivity index (χ0) is 23.2. The molecule has 1 aromatic heterocycles. The van der Waals surface area contributed by atoms with E-state index in [2.05, 4.69) is 4.98 Å². The number of fused-ring (bicyclic) bond motifs is 1. The Balaban J connectivity index is 1.98. The molecule has 2 amide bonds. The number of halogens is 4. The number of nitrogens with zero attached hydrogens (tertiary/aromatic N) is 2. The molecule has 0 spiro atoms. The van der Waals surface area contributed by atoms with E-state index in [1.165, 1.54) is 39.3 Å². The lowest BCUT2D eigenvalue weighted by Crippen LogP contribution is -2.57. The average molecular weight is 440 g/mol. The van der Waals surface area contributed by atoms with Gasteiger partial charge in [0.2, 0.25) is 0 Å². The maximum Gasteiger partial charge on any atom is 0.418 e. The number of imide groups is 1. The van der Waals surface area contributed by atoms with Gasteiger partial charge in [-0.3, -0.25) is 19.5 Å². The minimum atomic E-state index is -5.20. The molecule has 1 aliphatic heterocycles. The zero-order valence-corrected chi connectivity index (χ0v) is 17.0. The molecule has 0 radical (unpaired) electrons. The van der Waals surface area contributed by atoms with Crippen LogP contribution in [0.5, 0.6) is 5.75 Å². The lowest BCUT2D eigenvalue weighted by Gasteiger charge is -2.39. The molecule has 31 heavy (non-hydrogen) atoms. The fourth-order valence-electron chi connectivity index (χ4n) is 3.82. The van der Waals surface area contributed by atoms with Crippen molar-refractivity contribution in [3.05, 3.63) is 59.2 Å². The van der Waals surface area contributed by atoms with Gasteiger partial charge in [0.25, 0.3) is 11.8 Å². The molecule has 2 aromatic rings. The molecular formula is C21H20F4N2O4. The van der Waals surface area contributed by atoms with Crippen LogP contribution < -0.4 is 4.74 Å². The summed E-state index contributed by atoms with van der Waals surface area (Å²) in [5.74, 6) is -2.47. The van der Waals surface area contributed by atoms with Gasteiger partial charge in [-0.15, -0.1) is 0 Å². The summed E-state index contributed by atoms with van der Waals surface area (Å²) < 4.78 is 61.1. The van der Waals surface area contributed by atoms with Gasteiger partial charge in [-0.1, -0.05) is 13.8 Å². The number of carbonyl (C=O) groups excluding carboxylic acids is 2. The van der Waals surface area contributed by atoms with Crippen LogP contribution in [0.25, 0.3) is 0 Å². The van der Waals surface area contributed by atoms with Gasteiger partial charge in [0.1, 0.15) is 11.6 Å². The third-order valence-corrected chi connectivity index (χ3v) is 5.34. The van der Waals surface area contributed by atoms with Crippen molar-refractivity contribution in [2.45, 2.75) is 37.5 Å². The van der Waals surface area contributed by atoms with Gasteiger partial charge in [0.15, 0.2) is 5.60 Å². The molecule has 166 valence electrons. The molecule has 0 fully saturated rings. The van der Waals surface area contributed by atoms with Crippen LogP contribution in [0.3, 0.4) is 0 Å². The number of β-amino-alcohol motifs (C(OH)–C–C–N with tert-alkyl or cyclic N) is 1. The van der Waals surface area contributed by atoms with Gasteiger partial charge >= 0.3 is 6.18 Å². The molecule has 0 saturated carbocycles. The largest absolute Gasteiger partial charge is 0.496 e. The normalized spacial score (nSPS) is 16.3. The topological polar surface area (TPSA) is 79.7 Å². The van der Waals surface area contributed by atoms with Crippen LogP contribution in [0.1, 0.15) is 46.5 Å². The number of amides is 2. The van der Waals surface area contributed by atoms with Crippen molar-refractivity contribution >= 4 is 11.8 Å². The minimum Gasteiger partial charge on any atom is -0.496 e. The molecule has 2 heterocycles. The number of hydrogen-bond donors (Lipinski definition) is 1. The van der Waals surface area contributed by atoms with Crippen LogP contribution in [-0.4, -0.2) is 52.2 Å². The molecule has 0 aliphatic carbocycles. The first-order valence-corrected chi connectivity index (χ1v) is 9.24. The lowest BCUT2D eigenvalue weighted by atomic mass is 9.74. The molecule has 1 unspecified atom stereocenters. The van der Waals surface area contributed by atoms with E-state index in [0.717, 1.165) is 18.3 Å². The number of pyridine rings is 1. The predicted octanol–water partition coefficient (Wildman–Crippen LogP) is 3.49. The Hall–Kier alpha value is -3.01. The van der Waals surface area contributed by atoms with E-state index in [1.54, 1.807) is 0 Å². The average Bonchev–Trinajstić information content (AvgIpc) is 2.92. The van der Waals surface area contributed by atoms with E-state index >= 15 is 0 Å². The first-order chi connectivity index (χ1) is 14.3. The smallest absolute Gasteiger partial charge is 0.418 e. The minimum absolute atomic E-state index is 0.0874. The number of ether oxygens (including phenoxy) is 1. The van der Waals surface area contributed by atoms with E-state index < -0.39 is 47.8 Å². The van der Waals surface area contributed by atoms with Crippen molar-refractivity contribution in [1.82, 2.24) is 9.88 Å². The van der Waals surface area contributed by atoms with Crippen molar-refractivity contribution in [2.75, 3.05) is 13.7 Å². The maximum atomic E-state index is 14.0. The number of aromatic nitrogens is 1. The lowest BCUT2D eigenvalue weighted by molar-refractivity contribution is -0.267.